The van der Waals surface area contributed by atoms with Crippen molar-refractivity contribution >= 4 is 11.6 Å². The Bertz CT molecular complexity index is 410. The third kappa shape index (κ3) is 6.31. The normalized spacial score (nSPS) is 12.5. The van der Waals surface area contributed by atoms with E-state index in [2.05, 4.69) is 10.6 Å². The molecule has 1 atom stereocenters. The summed E-state index contributed by atoms with van der Waals surface area (Å²) in [6.45, 7) is 4.44. The minimum Gasteiger partial charge on any atom is -0.392 e. The van der Waals surface area contributed by atoms with Crippen molar-refractivity contribution in [2.75, 3.05) is 18.4 Å². The van der Waals surface area contributed by atoms with Crippen LogP contribution in [0.3, 0.4) is 0 Å². The van der Waals surface area contributed by atoms with Gasteiger partial charge >= 0.3 is 0 Å². The predicted molar refractivity (Wildman–Crippen MR) is 73.4 cm³/mol. The van der Waals surface area contributed by atoms with Crippen LogP contribution in [0.15, 0.2) is 24.3 Å². The van der Waals surface area contributed by atoms with Crippen LogP contribution in [0.4, 0.5) is 10.1 Å². The molecule has 0 aromatic heterocycles. The van der Waals surface area contributed by atoms with Gasteiger partial charge < -0.3 is 15.7 Å². The van der Waals surface area contributed by atoms with Crippen molar-refractivity contribution in [2.24, 2.45) is 5.92 Å². The second kappa shape index (κ2) is 7.86. The Labute approximate surface area is 113 Å². The molecule has 1 aromatic carbocycles. The first-order chi connectivity index (χ1) is 8.99. The number of halogens is 1. The highest BCUT2D eigenvalue weighted by Gasteiger charge is 2.09. The topological polar surface area (TPSA) is 61.4 Å². The second-order valence-corrected chi connectivity index (χ2v) is 4.94. The van der Waals surface area contributed by atoms with Gasteiger partial charge in [0.05, 0.1) is 18.3 Å². The molecule has 106 valence electrons. The van der Waals surface area contributed by atoms with Crippen molar-refractivity contribution in [1.29, 1.82) is 0 Å². The van der Waals surface area contributed by atoms with Crippen LogP contribution in [-0.4, -0.2) is 30.2 Å². The van der Waals surface area contributed by atoms with Gasteiger partial charge in [0.15, 0.2) is 0 Å². The lowest BCUT2D eigenvalue weighted by atomic mass is 10.1. The third-order valence-corrected chi connectivity index (χ3v) is 2.56. The second-order valence-electron chi connectivity index (χ2n) is 4.94. The zero-order valence-electron chi connectivity index (χ0n) is 11.3. The number of rotatable bonds is 7. The van der Waals surface area contributed by atoms with E-state index in [1.54, 1.807) is 12.1 Å². The summed E-state index contributed by atoms with van der Waals surface area (Å²) in [6, 6.07) is 6.00. The van der Waals surface area contributed by atoms with Crippen LogP contribution in [0.1, 0.15) is 20.3 Å². The van der Waals surface area contributed by atoms with E-state index < -0.39 is 11.9 Å². The number of carbonyl (C=O) groups is 1. The number of nitrogens with one attached hydrogen (secondary N) is 2. The number of hydrogen-bond donors (Lipinski definition) is 3. The highest BCUT2D eigenvalue weighted by atomic mass is 19.1. The number of para-hydroxylation sites is 1. The molecule has 1 unspecified atom stereocenters. The lowest BCUT2D eigenvalue weighted by molar-refractivity contribution is -0.115. The van der Waals surface area contributed by atoms with Gasteiger partial charge in [-0.05, 0) is 24.5 Å². The Morgan fingerprint density at radius 3 is 2.68 bits per heavy atom. The van der Waals surface area contributed by atoms with Gasteiger partial charge in [-0.15, -0.1) is 0 Å². The highest BCUT2D eigenvalue weighted by molar-refractivity contribution is 5.92. The Morgan fingerprint density at radius 1 is 1.37 bits per heavy atom. The van der Waals surface area contributed by atoms with Crippen molar-refractivity contribution in [2.45, 2.75) is 26.4 Å². The Hall–Kier alpha value is -1.46. The number of aliphatic hydroxyl groups excluding tert-OH is 1. The summed E-state index contributed by atoms with van der Waals surface area (Å²) in [7, 11) is 0. The van der Waals surface area contributed by atoms with Gasteiger partial charge in [-0.1, -0.05) is 26.0 Å². The van der Waals surface area contributed by atoms with Gasteiger partial charge in [-0.25, -0.2) is 4.39 Å². The summed E-state index contributed by atoms with van der Waals surface area (Å²) in [5.41, 5.74) is 0.164. The summed E-state index contributed by atoms with van der Waals surface area (Å²) in [6.07, 6.45) is 0.211. The summed E-state index contributed by atoms with van der Waals surface area (Å²) >= 11 is 0. The van der Waals surface area contributed by atoms with Crippen LogP contribution < -0.4 is 10.6 Å². The molecule has 19 heavy (non-hydrogen) atoms. The highest BCUT2D eigenvalue weighted by Crippen LogP contribution is 2.11. The molecule has 0 fully saturated rings. The molecule has 1 aromatic rings. The lowest BCUT2D eigenvalue weighted by Crippen LogP contribution is -2.34. The molecule has 4 nitrogen and oxygen atoms in total. The summed E-state index contributed by atoms with van der Waals surface area (Å²) in [4.78, 5) is 11.5. The average molecular weight is 268 g/mol. The Balaban J connectivity index is 2.27. The van der Waals surface area contributed by atoms with E-state index in [9.17, 15) is 14.3 Å². The van der Waals surface area contributed by atoms with Gasteiger partial charge in [0.1, 0.15) is 5.82 Å². The first-order valence-corrected chi connectivity index (χ1v) is 6.42. The number of anilines is 1. The average Bonchev–Trinajstić information content (AvgIpc) is 2.31. The van der Waals surface area contributed by atoms with E-state index in [1.165, 1.54) is 12.1 Å². The number of carbonyl (C=O) groups excluding carboxylic acids is 1. The first kappa shape index (κ1) is 15.6. The zero-order valence-corrected chi connectivity index (χ0v) is 11.3. The maximum absolute atomic E-state index is 13.3. The van der Waals surface area contributed by atoms with E-state index in [-0.39, 0.29) is 18.1 Å². The maximum atomic E-state index is 13.3. The number of hydrogen-bond acceptors (Lipinski definition) is 3. The lowest BCUT2D eigenvalue weighted by Gasteiger charge is -2.13. The molecular formula is C14H21FN2O2. The fourth-order valence-electron chi connectivity index (χ4n) is 1.74. The van der Waals surface area contributed by atoms with Crippen LogP contribution in [0.2, 0.25) is 0 Å². The molecule has 5 heteroatoms. The first-order valence-electron chi connectivity index (χ1n) is 6.42. The van der Waals surface area contributed by atoms with Crippen molar-refractivity contribution < 1.29 is 14.3 Å². The molecule has 3 N–H and O–H groups in total. The van der Waals surface area contributed by atoms with E-state index in [0.717, 1.165) is 0 Å². The number of amides is 1. The van der Waals surface area contributed by atoms with Crippen LogP contribution in [-0.2, 0) is 4.79 Å². The SMILES string of the molecule is CC(C)CC(O)CNCC(=O)Nc1ccccc1F. The number of benzene rings is 1. The Kier molecular flexibility index (Phi) is 6.45. The van der Waals surface area contributed by atoms with E-state index in [1.807, 2.05) is 13.8 Å². The van der Waals surface area contributed by atoms with Gasteiger partial charge in [-0.3, -0.25) is 4.79 Å². The fraction of sp³-hybridized carbons (Fsp3) is 0.500. The molecular weight excluding hydrogens is 247 g/mol. The largest absolute Gasteiger partial charge is 0.392 e. The van der Waals surface area contributed by atoms with Gasteiger partial charge in [0.2, 0.25) is 5.91 Å². The summed E-state index contributed by atoms with van der Waals surface area (Å²) < 4.78 is 13.3. The molecule has 0 aliphatic rings. The monoisotopic (exact) mass is 268 g/mol. The molecule has 1 rings (SSSR count). The van der Waals surface area contributed by atoms with Crippen molar-refractivity contribution in [3.05, 3.63) is 30.1 Å². The standard InChI is InChI=1S/C14H21FN2O2/c1-10(2)7-11(18)8-16-9-14(19)17-13-6-4-3-5-12(13)15/h3-6,10-11,16,18H,7-9H2,1-2H3,(H,17,19). The van der Waals surface area contributed by atoms with Crippen LogP contribution in [0.5, 0.6) is 0 Å². The van der Waals surface area contributed by atoms with Crippen LogP contribution >= 0.6 is 0 Å². The van der Waals surface area contributed by atoms with E-state index >= 15 is 0 Å². The van der Waals surface area contributed by atoms with Gasteiger partial charge in [0, 0.05) is 6.54 Å². The molecule has 0 spiro atoms. The molecule has 1 amide bonds. The zero-order chi connectivity index (χ0) is 14.3. The summed E-state index contributed by atoms with van der Waals surface area (Å²) in [5.74, 6) is -0.387. The van der Waals surface area contributed by atoms with Crippen LogP contribution in [0.25, 0.3) is 0 Å². The predicted octanol–water partition coefficient (Wildman–Crippen LogP) is 1.76. The smallest absolute Gasteiger partial charge is 0.238 e. The van der Waals surface area contributed by atoms with Crippen molar-refractivity contribution in [1.82, 2.24) is 5.32 Å². The van der Waals surface area contributed by atoms with E-state index in [4.69, 9.17) is 0 Å². The molecule has 0 bridgehead atoms. The molecule has 0 heterocycles. The fourth-order valence-corrected chi connectivity index (χ4v) is 1.74. The number of aliphatic hydroxyl groups is 1. The van der Waals surface area contributed by atoms with Gasteiger partial charge in [0.25, 0.3) is 0 Å². The van der Waals surface area contributed by atoms with Gasteiger partial charge in [-0.2, -0.15) is 0 Å². The van der Waals surface area contributed by atoms with E-state index in [0.29, 0.717) is 18.9 Å². The quantitative estimate of drug-likeness (QED) is 0.706. The maximum Gasteiger partial charge on any atom is 0.238 e. The molecule has 0 saturated heterocycles. The molecule has 0 saturated carbocycles. The Morgan fingerprint density at radius 2 is 2.05 bits per heavy atom. The van der Waals surface area contributed by atoms with Crippen molar-refractivity contribution in [3.8, 4) is 0 Å². The van der Waals surface area contributed by atoms with Crippen molar-refractivity contribution in [3.63, 3.8) is 0 Å². The molecule has 0 aliphatic carbocycles. The minimum atomic E-state index is -0.471. The third-order valence-electron chi connectivity index (χ3n) is 2.56. The molecule has 0 radical (unpaired) electrons. The van der Waals surface area contributed by atoms with Crippen LogP contribution in [0, 0.1) is 11.7 Å². The molecule has 0 aliphatic heterocycles. The minimum absolute atomic E-state index is 0.0451. The summed E-state index contributed by atoms with van der Waals surface area (Å²) in [5, 5.41) is 14.9.